The van der Waals surface area contributed by atoms with Gasteiger partial charge in [-0.25, -0.2) is 4.68 Å². The van der Waals surface area contributed by atoms with E-state index in [1.54, 1.807) is 20.4 Å². The van der Waals surface area contributed by atoms with Crippen molar-refractivity contribution in [1.29, 1.82) is 0 Å². The van der Waals surface area contributed by atoms with Crippen molar-refractivity contribution in [2.45, 2.75) is 38.0 Å². The molecule has 0 saturated carbocycles. The first-order valence-corrected chi connectivity index (χ1v) is 10.2. The molecule has 2 aliphatic heterocycles. The number of nitrogens with one attached hydrogen (secondary N) is 1. The molecule has 1 atom stereocenters. The maximum Gasteiger partial charge on any atom is 0.275 e. The van der Waals surface area contributed by atoms with Gasteiger partial charge >= 0.3 is 0 Å². The van der Waals surface area contributed by atoms with Gasteiger partial charge in [0.05, 0.1) is 11.6 Å². The van der Waals surface area contributed by atoms with E-state index in [0.717, 1.165) is 37.0 Å². The number of anilines is 1. The number of aromatic nitrogens is 2. The highest BCUT2D eigenvalue weighted by Crippen LogP contribution is 2.28. The zero-order valence-electron chi connectivity index (χ0n) is 17.2. The summed E-state index contributed by atoms with van der Waals surface area (Å²) in [5.41, 5.74) is 0.642. The van der Waals surface area contributed by atoms with Crippen LogP contribution in [0.4, 0.5) is 5.69 Å². The first-order chi connectivity index (χ1) is 14.5. The Labute approximate surface area is 173 Å². The maximum atomic E-state index is 13.1. The van der Waals surface area contributed by atoms with Crippen LogP contribution in [0.3, 0.4) is 0 Å². The molecule has 160 valence electrons. The van der Waals surface area contributed by atoms with Gasteiger partial charge in [-0.15, -0.1) is 0 Å². The highest BCUT2D eigenvalue weighted by Gasteiger charge is 2.30. The smallest absolute Gasteiger partial charge is 0.275 e. The van der Waals surface area contributed by atoms with Crippen LogP contribution in [0.25, 0.3) is 10.8 Å². The predicted octanol–water partition coefficient (Wildman–Crippen LogP) is 1.21. The summed E-state index contributed by atoms with van der Waals surface area (Å²) in [6, 6.07) is 4.97. The van der Waals surface area contributed by atoms with Crippen LogP contribution in [0.5, 0.6) is 0 Å². The third-order valence-electron chi connectivity index (χ3n) is 6.06. The van der Waals surface area contributed by atoms with Crippen molar-refractivity contribution in [3.8, 4) is 0 Å². The number of rotatable bonds is 5. The van der Waals surface area contributed by atoms with Gasteiger partial charge in [0.25, 0.3) is 11.5 Å². The Morgan fingerprint density at radius 2 is 1.83 bits per heavy atom. The standard InChI is InChI=1S/C21H26N4O5/c1-29-21(30-2)13-7-9-24(10-8-13)15-4-3-14-12-22-25(20(28)16(14)11-15)17-5-6-18(26)23-19(17)27/h3-4,11-13,17,21H,5-10H2,1-2H3,(H,23,26,27). The molecular formula is C21H26N4O5. The monoisotopic (exact) mass is 414 g/mol. The number of methoxy groups -OCH3 is 2. The molecule has 1 N–H and O–H groups in total. The lowest BCUT2D eigenvalue weighted by molar-refractivity contribution is -0.141. The lowest BCUT2D eigenvalue weighted by atomic mass is 9.95. The number of ether oxygens (including phenoxy) is 2. The van der Waals surface area contributed by atoms with Crippen molar-refractivity contribution >= 4 is 28.3 Å². The molecule has 2 fully saturated rings. The van der Waals surface area contributed by atoms with Crippen LogP contribution in [0.15, 0.2) is 29.2 Å². The molecule has 4 rings (SSSR count). The van der Waals surface area contributed by atoms with Crippen LogP contribution >= 0.6 is 0 Å². The molecule has 0 spiro atoms. The minimum absolute atomic E-state index is 0.196. The topological polar surface area (TPSA) is 103 Å². The summed E-state index contributed by atoms with van der Waals surface area (Å²) in [5.74, 6) is -0.463. The van der Waals surface area contributed by atoms with Crippen LogP contribution in [-0.4, -0.2) is 55.2 Å². The van der Waals surface area contributed by atoms with Crippen LogP contribution in [0.1, 0.15) is 31.7 Å². The highest BCUT2D eigenvalue weighted by molar-refractivity contribution is 5.99. The van der Waals surface area contributed by atoms with Gasteiger partial charge in [0.15, 0.2) is 6.29 Å². The van der Waals surface area contributed by atoms with Crippen LogP contribution in [-0.2, 0) is 19.1 Å². The van der Waals surface area contributed by atoms with Gasteiger partial charge in [-0.2, -0.15) is 5.10 Å². The molecule has 3 heterocycles. The molecule has 9 heteroatoms. The van der Waals surface area contributed by atoms with Gasteiger partial charge in [0.1, 0.15) is 6.04 Å². The Bertz CT molecular complexity index is 1010. The van der Waals surface area contributed by atoms with Gasteiger partial charge in [0.2, 0.25) is 5.91 Å². The molecule has 1 unspecified atom stereocenters. The zero-order valence-corrected chi connectivity index (χ0v) is 17.2. The third kappa shape index (κ3) is 3.82. The van der Waals surface area contributed by atoms with Gasteiger partial charge in [-0.05, 0) is 31.4 Å². The van der Waals surface area contributed by atoms with Crippen LogP contribution in [0.2, 0.25) is 0 Å². The Hall–Kier alpha value is -2.78. The number of benzene rings is 1. The summed E-state index contributed by atoms with van der Waals surface area (Å²) in [5, 5.41) is 7.71. The molecular weight excluding hydrogens is 388 g/mol. The minimum atomic E-state index is -0.765. The molecule has 0 aliphatic carbocycles. The molecule has 30 heavy (non-hydrogen) atoms. The molecule has 0 bridgehead atoms. The Balaban J connectivity index is 1.58. The number of nitrogens with zero attached hydrogens (tertiary/aromatic N) is 3. The van der Waals surface area contributed by atoms with Crippen LogP contribution < -0.4 is 15.8 Å². The maximum absolute atomic E-state index is 13.1. The van der Waals surface area contributed by atoms with Crippen molar-refractivity contribution in [3.63, 3.8) is 0 Å². The summed E-state index contributed by atoms with van der Waals surface area (Å²) < 4.78 is 12.0. The fraction of sp³-hybridized carbons (Fsp3) is 0.524. The molecule has 0 radical (unpaired) electrons. The van der Waals surface area contributed by atoms with Gasteiger partial charge in [-0.1, -0.05) is 6.07 Å². The summed E-state index contributed by atoms with van der Waals surface area (Å²) in [6.45, 7) is 1.68. The lowest BCUT2D eigenvalue weighted by Gasteiger charge is -2.36. The SMILES string of the molecule is COC(OC)C1CCN(c2ccc3cnn(C4CCC(=O)NC4=O)c(=O)c3c2)CC1. The largest absolute Gasteiger partial charge is 0.371 e. The average Bonchev–Trinajstić information content (AvgIpc) is 2.76. The van der Waals surface area contributed by atoms with Crippen LogP contribution in [0, 0.1) is 5.92 Å². The van der Waals surface area contributed by atoms with Crippen molar-refractivity contribution in [2.24, 2.45) is 5.92 Å². The second kappa shape index (κ2) is 8.53. The van der Waals surface area contributed by atoms with E-state index in [-0.39, 0.29) is 30.6 Å². The number of amides is 2. The number of hydrogen-bond acceptors (Lipinski definition) is 7. The van der Waals surface area contributed by atoms with E-state index in [9.17, 15) is 14.4 Å². The van der Waals surface area contributed by atoms with Crippen molar-refractivity contribution in [2.75, 3.05) is 32.2 Å². The lowest BCUT2D eigenvalue weighted by Crippen LogP contribution is -2.45. The quantitative estimate of drug-likeness (QED) is 0.579. The number of carbonyl (C=O) groups excluding carboxylic acids is 2. The van der Waals surface area contributed by atoms with E-state index in [4.69, 9.17) is 9.47 Å². The summed E-state index contributed by atoms with van der Waals surface area (Å²) >= 11 is 0. The first-order valence-electron chi connectivity index (χ1n) is 10.2. The molecule has 2 amide bonds. The Morgan fingerprint density at radius 1 is 1.10 bits per heavy atom. The fourth-order valence-corrected chi connectivity index (χ4v) is 4.39. The van der Waals surface area contributed by atoms with E-state index in [2.05, 4.69) is 15.3 Å². The highest BCUT2D eigenvalue weighted by atomic mass is 16.7. The number of carbonyl (C=O) groups is 2. The van der Waals surface area contributed by atoms with E-state index in [0.29, 0.717) is 11.3 Å². The van der Waals surface area contributed by atoms with E-state index < -0.39 is 11.9 Å². The Kier molecular flexibility index (Phi) is 5.83. The third-order valence-corrected chi connectivity index (χ3v) is 6.06. The summed E-state index contributed by atoms with van der Waals surface area (Å²) in [6.07, 6.45) is 3.73. The number of piperidine rings is 2. The molecule has 9 nitrogen and oxygen atoms in total. The molecule has 1 aromatic heterocycles. The molecule has 2 aromatic rings. The number of fused-ring (bicyclic) bond motifs is 1. The predicted molar refractivity (Wildman–Crippen MR) is 110 cm³/mol. The number of hydrogen-bond donors (Lipinski definition) is 1. The number of imide groups is 1. The minimum Gasteiger partial charge on any atom is -0.371 e. The average molecular weight is 414 g/mol. The fourth-order valence-electron chi connectivity index (χ4n) is 4.39. The second-order valence-corrected chi connectivity index (χ2v) is 7.80. The first kappa shape index (κ1) is 20.5. The summed E-state index contributed by atoms with van der Waals surface area (Å²) in [4.78, 5) is 38.9. The van der Waals surface area contributed by atoms with Gasteiger partial charge in [-0.3, -0.25) is 19.7 Å². The van der Waals surface area contributed by atoms with E-state index >= 15 is 0 Å². The van der Waals surface area contributed by atoms with Gasteiger partial charge in [0, 0.05) is 50.7 Å². The van der Waals surface area contributed by atoms with E-state index in [1.165, 1.54) is 4.68 Å². The molecule has 1 aromatic carbocycles. The van der Waals surface area contributed by atoms with Crippen molar-refractivity contribution < 1.29 is 19.1 Å². The normalized spacial score (nSPS) is 20.8. The Morgan fingerprint density at radius 3 is 2.50 bits per heavy atom. The zero-order chi connectivity index (χ0) is 21.3. The van der Waals surface area contributed by atoms with Crippen molar-refractivity contribution in [1.82, 2.24) is 15.1 Å². The molecule has 2 saturated heterocycles. The van der Waals surface area contributed by atoms with Gasteiger partial charge < -0.3 is 14.4 Å². The summed E-state index contributed by atoms with van der Waals surface area (Å²) in [7, 11) is 3.32. The molecule has 2 aliphatic rings. The second-order valence-electron chi connectivity index (χ2n) is 7.80. The van der Waals surface area contributed by atoms with Crippen molar-refractivity contribution in [3.05, 3.63) is 34.7 Å². The van der Waals surface area contributed by atoms with E-state index in [1.807, 2.05) is 18.2 Å².